The monoisotopic (exact) mass is 244 g/mol. The molecule has 3 unspecified atom stereocenters. The summed E-state index contributed by atoms with van der Waals surface area (Å²) in [5.41, 5.74) is 0. The van der Waals surface area contributed by atoms with Crippen LogP contribution in [0.5, 0.6) is 0 Å². The van der Waals surface area contributed by atoms with Gasteiger partial charge < -0.3 is 25.1 Å². The second kappa shape index (κ2) is 5.66. The number of ketones is 1. The summed E-state index contributed by atoms with van der Waals surface area (Å²) in [6.07, 6.45) is -5.02. The Morgan fingerprint density at radius 3 is 2.13 bits per heavy atom. The molecule has 90 valence electrons. The van der Waals surface area contributed by atoms with E-state index in [-0.39, 0.29) is 0 Å². The number of carbonyl (C=O) groups is 1. The number of aliphatic hydroxyl groups is 3. The number of Topliss-reactive ketones (excluding diaryl/α,β-unsaturated/α-hetero) is 1. The Bertz CT molecular complexity index is 258. The SMILES string of the molecule is CC(O)C(O)C(O)C(=O)COP(=O)(O)O. The van der Waals surface area contributed by atoms with Crippen molar-refractivity contribution >= 4 is 13.6 Å². The smallest absolute Gasteiger partial charge is 0.391 e. The molecule has 0 heterocycles. The van der Waals surface area contributed by atoms with Crippen molar-refractivity contribution in [2.24, 2.45) is 0 Å². The van der Waals surface area contributed by atoms with E-state index in [4.69, 9.17) is 25.1 Å². The second-order valence-electron chi connectivity index (χ2n) is 2.91. The molecule has 0 aromatic carbocycles. The van der Waals surface area contributed by atoms with Crippen LogP contribution in [-0.2, 0) is 13.9 Å². The van der Waals surface area contributed by atoms with Crippen molar-refractivity contribution in [2.75, 3.05) is 6.61 Å². The standard InChI is InChI=1S/C6H13O8P/c1-3(7)5(9)6(10)4(8)2-14-15(11,12)13/h3,5-7,9-10H,2H2,1H3,(H2,11,12,13). The number of hydrogen-bond acceptors (Lipinski definition) is 6. The molecule has 0 radical (unpaired) electrons. The first-order valence-electron chi connectivity index (χ1n) is 3.92. The first kappa shape index (κ1) is 14.7. The molecule has 0 aliphatic rings. The van der Waals surface area contributed by atoms with Crippen LogP contribution in [0.3, 0.4) is 0 Å². The highest BCUT2D eigenvalue weighted by Gasteiger charge is 2.29. The van der Waals surface area contributed by atoms with E-state index in [1.807, 2.05) is 0 Å². The van der Waals surface area contributed by atoms with Gasteiger partial charge in [0.15, 0.2) is 5.78 Å². The largest absolute Gasteiger partial charge is 0.470 e. The number of phosphoric acid groups is 1. The van der Waals surface area contributed by atoms with Gasteiger partial charge in [-0.2, -0.15) is 0 Å². The number of hydrogen-bond donors (Lipinski definition) is 5. The fourth-order valence-corrected chi connectivity index (χ4v) is 0.983. The van der Waals surface area contributed by atoms with Crippen LogP contribution < -0.4 is 0 Å². The van der Waals surface area contributed by atoms with E-state index in [0.717, 1.165) is 6.92 Å². The predicted octanol–water partition coefficient (Wildman–Crippen LogP) is -2.23. The minimum Gasteiger partial charge on any atom is -0.391 e. The van der Waals surface area contributed by atoms with E-state index in [1.165, 1.54) is 0 Å². The lowest BCUT2D eigenvalue weighted by Crippen LogP contribution is -2.42. The molecule has 8 nitrogen and oxygen atoms in total. The molecule has 15 heavy (non-hydrogen) atoms. The molecule has 9 heteroatoms. The van der Waals surface area contributed by atoms with Gasteiger partial charge in [0.1, 0.15) is 18.8 Å². The lowest BCUT2D eigenvalue weighted by molar-refractivity contribution is -0.140. The van der Waals surface area contributed by atoms with Gasteiger partial charge in [0, 0.05) is 0 Å². The van der Waals surface area contributed by atoms with E-state index in [1.54, 1.807) is 0 Å². The third-order valence-corrected chi connectivity index (χ3v) is 1.99. The zero-order chi connectivity index (χ0) is 12.2. The highest BCUT2D eigenvalue weighted by Crippen LogP contribution is 2.35. The summed E-state index contributed by atoms with van der Waals surface area (Å²) in [7, 11) is -4.79. The van der Waals surface area contributed by atoms with Gasteiger partial charge in [0.2, 0.25) is 0 Å². The fourth-order valence-electron chi connectivity index (χ4n) is 0.687. The Morgan fingerprint density at radius 2 is 1.80 bits per heavy atom. The fraction of sp³-hybridized carbons (Fsp3) is 0.833. The van der Waals surface area contributed by atoms with Crippen LogP contribution in [0.2, 0.25) is 0 Å². The van der Waals surface area contributed by atoms with Crippen LogP contribution in [-0.4, -0.2) is 55.8 Å². The van der Waals surface area contributed by atoms with Crippen LogP contribution in [0.1, 0.15) is 6.92 Å². The van der Waals surface area contributed by atoms with Crippen molar-refractivity contribution in [1.82, 2.24) is 0 Å². The van der Waals surface area contributed by atoms with Crippen molar-refractivity contribution in [3.63, 3.8) is 0 Å². The van der Waals surface area contributed by atoms with Gasteiger partial charge in [-0.25, -0.2) is 4.57 Å². The first-order chi connectivity index (χ1) is 6.65. The Kier molecular flexibility index (Phi) is 5.54. The van der Waals surface area contributed by atoms with Crippen molar-refractivity contribution in [1.29, 1.82) is 0 Å². The van der Waals surface area contributed by atoms with E-state index < -0.39 is 38.5 Å². The maximum absolute atomic E-state index is 10.9. The van der Waals surface area contributed by atoms with Crippen molar-refractivity contribution in [3.05, 3.63) is 0 Å². The summed E-state index contributed by atoms with van der Waals surface area (Å²) in [5.74, 6) is -1.13. The minimum absolute atomic E-state index is 1.05. The van der Waals surface area contributed by atoms with Crippen LogP contribution in [0, 0.1) is 0 Å². The molecular formula is C6H13O8P. The van der Waals surface area contributed by atoms with Gasteiger partial charge in [-0.1, -0.05) is 0 Å². The van der Waals surface area contributed by atoms with Crippen LogP contribution in [0.15, 0.2) is 0 Å². The summed E-state index contributed by atoms with van der Waals surface area (Å²) in [4.78, 5) is 27.4. The zero-order valence-electron chi connectivity index (χ0n) is 7.85. The highest BCUT2D eigenvalue weighted by molar-refractivity contribution is 7.46. The molecule has 5 N–H and O–H groups in total. The van der Waals surface area contributed by atoms with E-state index in [0.29, 0.717) is 0 Å². The lowest BCUT2D eigenvalue weighted by Gasteiger charge is -2.18. The molecule has 0 fully saturated rings. The van der Waals surface area contributed by atoms with Gasteiger partial charge in [-0.05, 0) is 6.92 Å². The Morgan fingerprint density at radius 1 is 1.33 bits per heavy atom. The topological polar surface area (TPSA) is 145 Å². The van der Waals surface area contributed by atoms with Crippen molar-refractivity contribution < 1.29 is 39.0 Å². The molecule has 0 saturated heterocycles. The molecule has 3 atom stereocenters. The quantitative estimate of drug-likeness (QED) is 0.330. The van der Waals surface area contributed by atoms with Crippen molar-refractivity contribution in [3.8, 4) is 0 Å². The average molecular weight is 244 g/mol. The Hall–Kier alpha value is -0.340. The molecule has 0 aliphatic heterocycles. The highest BCUT2D eigenvalue weighted by atomic mass is 31.2. The molecular weight excluding hydrogens is 231 g/mol. The first-order valence-corrected chi connectivity index (χ1v) is 5.45. The molecule has 0 amide bonds. The van der Waals surface area contributed by atoms with Crippen LogP contribution in [0.25, 0.3) is 0 Å². The molecule has 0 aliphatic carbocycles. The van der Waals surface area contributed by atoms with E-state index in [9.17, 15) is 9.36 Å². The van der Waals surface area contributed by atoms with Gasteiger partial charge in [-0.15, -0.1) is 0 Å². The Balaban J connectivity index is 4.17. The van der Waals surface area contributed by atoms with Gasteiger partial charge in [0.05, 0.1) is 6.10 Å². The van der Waals surface area contributed by atoms with Gasteiger partial charge in [0.25, 0.3) is 0 Å². The minimum atomic E-state index is -4.79. The second-order valence-corrected chi connectivity index (χ2v) is 4.15. The lowest BCUT2D eigenvalue weighted by atomic mass is 10.1. The van der Waals surface area contributed by atoms with Gasteiger partial charge >= 0.3 is 7.82 Å². The summed E-state index contributed by atoms with van der Waals surface area (Å²) in [6, 6.07) is 0. The van der Waals surface area contributed by atoms with E-state index in [2.05, 4.69) is 4.52 Å². The summed E-state index contributed by atoms with van der Waals surface area (Å²) in [6.45, 7) is 0.0974. The molecule has 0 aromatic rings. The molecule has 0 saturated carbocycles. The maximum Gasteiger partial charge on any atom is 0.470 e. The van der Waals surface area contributed by atoms with E-state index >= 15 is 0 Å². The van der Waals surface area contributed by atoms with Crippen LogP contribution >= 0.6 is 7.82 Å². The molecule has 0 aromatic heterocycles. The summed E-state index contributed by atoms with van der Waals surface area (Å²) < 4.78 is 14.0. The maximum atomic E-state index is 10.9. The number of phosphoric ester groups is 1. The third kappa shape index (κ3) is 5.95. The van der Waals surface area contributed by atoms with Crippen LogP contribution in [0.4, 0.5) is 0 Å². The number of aliphatic hydroxyl groups excluding tert-OH is 3. The zero-order valence-corrected chi connectivity index (χ0v) is 8.74. The number of carbonyl (C=O) groups excluding carboxylic acids is 1. The normalized spacial score (nSPS) is 18.3. The summed E-state index contributed by atoms with van der Waals surface area (Å²) >= 11 is 0. The molecule has 0 rings (SSSR count). The summed E-state index contributed by atoms with van der Waals surface area (Å²) in [5, 5.41) is 26.9. The third-order valence-electron chi connectivity index (χ3n) is 1.52. The number of rotatable bonds is 6. The molecule has 0 bridgehead atoms. The molecule has 0 spiro atoms. The Labute approximate surface area is 85.4 Å². The predicted molar refractivity (Wildman–Crippen MR) is 46.7 cm³/mol. The van der Waals surface area contributed by atoms with Gasteiger partial charge in [-0.3, -0.25) is 9.32 Å². The van der Waals surface area contributed by atoms with Crippen molar-refractivity contribution in [2.45, 2.75) is 25.2 Å². The average Bonchev–Trinajstić information content (AvgIpc) is 2.10.